The summed E-state index contributed by atoms with van der Waals surface area (Å²) in [4.78, 5) is 13.4. The quantitative estimate of drug-likeness (QED) is 0.706. The average molecular weight is 200 g/mol. The Balaban J connectivity index is 2.24. The Bertz CT molecular complexity index is 177. The van der Waals surface area contributed by atoms with Gasteiger partial charge in [-0.25, -0.2) is 0 Å². The van der Waals surface area contributed by atoms with E-state index in [2.05, 4.69) is 0 Å². The molecule has 0 aromatic rings. The van der Waals surface area contributed by atoms with E-state index >= 15 is 0 Å². The Morgan fingerprint density at radius 2 is 2.14 bits per heavy atom. The summed E-state index contributed by atoms with van der Waals surface area (Å²) in [6, 6.07) is 0. The van der Waals surface area contributed by atoms with Gasteiger partial charge in [-0.3, -0.25) is 4.79 Å². The fraction of sp³-hybridized carbons (Fsp3) is 0.900. The third-order valence-electron chi connectivity index (χ3n) is 2.73. The Kier molecular flexibility index (Phi) is 4.90. The summed E-state index contributed by atoms with van der Waals surface area (Å²) in [6.07, 6.45) is 2.60. The minimum atomic E-state index is 0.198. The van der Waals surface area contributed by atoms with Crippen molar-refractivity contribution in [1.29, 1.82) is 0 Å². The molecule has 14 heavy (non-hydrogen) atoms. The number of hydrogen-bond donors (Lipinski definition) is 1. The third-order valence-corrected chi connectivity index (χ3v) is 2.73. The van der Waals surface area contributed by atoms with E-state index in [9.17, 15) is 4.79 Å². The standard InChI is InChI=1S/C10H20N2O2/c1-14-8-9-3-6-12(7-4-9)10(13)2-5-11/h9H,2-8,11H2,1H3. The molecule has 1 rings (SSSR count). The van der Waals surface area contributed by atoms with Gasteiger partial charge in [0.2, 0.25) is 5.91 Å². The molecule has 0 aromatic carbocycles. The van der Waals surface area contributed by atoms with Crippen LogP contribution in [0.2, 0.25) is 0 Å². The highest BCUT2D eigenvalue weighted by molar-refractivity contribution is 5.76. The van der Waals surface area contributed by atoms with Gasteiger partial charge in [0.1, 0.15) is 0 Å². The number of hydrogen-bond acceptors (Lipinski definition) is 3. The molecule has 0 bridgehead atoms. The number of methoxy groups -OCH3 is 1. The van der Waals surface area contributed by atoms with E-state index in [1.165, 1.54) is 0 Å². The predicted octanol–water partition coefficient (Wildman–Crippen LogP) is 0.220. The van der Waals surface area contributed by atoms with Crippen molar-refractivity contribution in [3.05, 3.63) is 0 Å². The van der Waals surface area contributed by atoms with Gasteiger partial charge in [-0.2, -0.15) is 0 Å². The van der Waals surface area contributed by atoms with Crippen LogP contribution in [0, 0.1) is 5.92 Å². The van der Waals surface area contributed by atoms with E-state index < -0.39 is 0 Å². The molecule has 4 heteroatoms. The molecule has 1 aliphatic heterocycles. The van der Waals surface area contributed by atoms with Crippen LogP contribution in [0.1, 0.15) is 19.3 Å². The number of carbonyl (C=O) groups excluding carboxylic acids is 1. The zero-order chi connectivity index (χ0) is 10.4. The normalized spacial score (nSPS) is 18.6. The number of piperidine rings is 1. The van der Waals surface area contributed by atoms with Crippen LogP contribution in [0.4, 0.5) is 0 Å². The molecule has 4 nitrogen and oxygen atoms in total. The van der Waals surface area contributed by atoms with Gasteiger partial charge in [-0.05, 0) is 18.8 Å². The first-order chi connectivity index (χ1) is 6.77. The maximum atomic E-state index is 11.5. The highest BCUT2D eigenvalue weighted by Gasteiger charge is 2.21. The van der Waals surface area contributed by atoms with Gasteiger partial charge < -0.3 is 15.4 Å². The van der Waals surface area contributed by atoms with Crippen molar-refractivity contribution in [2.24, 2.45) is 11.7 Å². The van der Waals surface area contributed by atoms with E-state index in [-0.39, 0.29) is 5.91 Å². The highest BCUT2D eigenvalue weighted by Crippen LogP contribution is 2.17. The Hall–Kier alpha value is -0.610. The number of rotatable bonds is 4. The molecule has 0 unspecified atom stereocenters. The van der Waals surface area contributed by atoms with Crippen LogP contribution in [-0.4, -0.2) is 44.2 Å². The first kappa shape index (κ1) is 11.5. The van der Waals surface area contributed by atoms with Crippen molar-refractivity contribution in [3.63, 3.8) is 0 Å². The fourth-order valence-electron chi connectivity index (χ4n) is 1.87. The second-order valence-electron chi connectivity index (χ2n) is 3.82. The van der Waals surface area contributed by atoms with Crippen LogP contribution >= 0.6 is 0 Å². The van der Waals surface area contributed by atoms with Gasteiger partial charge in [0.05, 0.1) is 0 Å². The molecule has 0 aliphatic carbocycles. The number of amides is 1. The molecule has 1 fully saturated rings. The minimum absolute atomic E-state index is 0.198. The summed E-state index contributed by atoms with van der Waals surface area (Å²) in [5, 5.41) is 0. The average Bonchev–Trinajstić information content (AvgIpc) is 2.20. The van der Waals surface area contributed by atoms with Crippen LogP contribution < -0.4 is 5.73 Å². The van der Waals surface area contributed by atoms with Crippen molar-refractivity contribution >= 4 is 5.91 Å². The predicted molar refractivity (Wildman–Crippen MR) is 54.9 cm³/mol. The smallest absolute Gasteiger partial charge is 0.223 e. The molecule has 1 heterocycles. The van der Waals surface area contributed by atoms with Gasteiger partial charge in [-0.1, -0.05) is 0 Å². The molecule has 2 N–H and O–H groups in total. The number of likely N-dealkylation sites (tertiary alicyclic amines) is 1. The maximum Gasteiger partial charge on any atom is 0.223 e. The van der Waals surface area contributed by atoms with Crippen LogP contribution in [-0.2, 0) is 9.53 Å². The molecule has 0 radical (unpaired) electrons. The number of ether oxygens (including phenoxy) is 1. The van der Waals surface area contributed by atoms with Crippen LogP contribution in [0.5, 0.6) is 0 Å². The van der Waals surface area contributed by atoms with Gasteiger partial charge >= 0.3 is 0 Å². The van der Waals surface area contributed by atoms with Crippen LogP contribution in [0.15, 0.2) is 0 Å². The van der Waals surface area contributed by atoms with Crippen molar-refractivity contribution in [2.45, 2.75) is 19.3 Å². The first-order valence-electron chi connectivity index (χ1n) is 5.24. The highest BCUT2D eigenvalue weighted by atomic mass is 16.5. The molecule has 1 amide bonds. The van der Waals surface area contributed by atoms with Gasteiger partial charge in [0.15, 0.2) is 0 Å². The van der Waals surface area contributed by atoms with Crippen molar-refractivity contribution in [2.75, 3.05) is 33.4 Å². The molecule has 1 aliphatic rings. The molecule has 1 saturated heterocycles. The van der Waals surface area contributed by atoms with Crippen molar-refractivity contribution < 1.29 is 9.53 Å². The van der Waals surface area contributed by atoms with Gasteiger partial charge in [0.25, 0.3) is 0 Å². The van der Waals surface area contributed by atoms with Gasteiger partial charge in [0, 0.05) is 39.8 Å². The topological polar surface area (TPSA) is 55.6 Å². The SMILES string of the molecule is COCC1CCN(C(=O)CCN)CC1. The summed E-state index contributed by atoms with van der Waals surface area (Å²) >= 11 is 0. The number of carbonyl (C=O) groups is 1. The Morgan fingerprint density at radius 1 is 1.50 bits per heavy atom. The zero-order valence-corrected chi connectivity index (χ0v) is 8.87. The fourth-order valence-corrected chi connectivity index (χ4v) is 1.87. The van der Waals surface area contributed by atoms with E-state index in [0.717, 1.165) is 32.5 Å². The summed E-state index contributed by atoms with van der Waals surface area (Å²) < 4.78 is 5.10. The van der Waals surface area contributed by atoms with Crippen molar-refractivity contribution in [3.8, 4) is 0 Å². The second kappa shape index (κ2) is 5.98. The lowest BCUT2D eigenvalue weighted by atomic mass is 9.97. The second-order valence-corrected chi connectivity index (χ2v) is 3.82. The first-order valence-corrected chi connectivity index (χ1v) is 5.24. The zero-order valence-electron chi connectivity index (χ0n) is 8.87. The van der Waals surface area contributed by atoms with Crippen molar-refractivity contribution in [1.82, 2.24) is 4.90 Å². The number of nitrogens with two attached hydrogens (primary N) is 1. The molecule has 82 valence electrons. The maximum absolute atomic E-state index is 11.5. The Morgan fingerprint density at radius 3 is 2.64 bits per heavy atom. The summed E-state index contributed by atoms with van der Waals surface area (Å²) in [6.45, 7) is 3.01. The Labute approximate surface area is 85.4 Å². The summed E-state index contributed by atoms with van der Waals surface area (Å²) in [5.74, 6) is 0.824. The largest absolute Gasteiger partial charge is 0.384 e. The molecule has 0 atom stereocenters. The third kappa shape index (κ3) is 3.27. The molecule has 0 spiro atoms. The summed E-state index contributed by atoms with van der Waals surface area (Å²) in [7, 11) is 1.73. The van der Waals surface area contributed by atoms with E-state index in [4.69, 9.17) is 10.5 Å². The summed E-state index contributed by atoms with van der Waals surface area (Å²) in [5.41, 5.74) is 5.34. The number of nitrogens with zero attached hydrogens (tertiary/aromatic N) is 1. The van der Waals surface area contributed by atoms with Crippen LogP contribution in [0.25, 0.3) is 0 Å². The lowest BCUT2D eigenvalue weighted by Crippen LogP contribution is -2.40. The minimum Gasteiger partial charge on any atom is -0.384 e. The monoisotopic (exact) mass is 200 g/mol. The lowest BCUT2D eigenvalue weighted by molar-refractivity contribution is -0.132. The molecule has 0 saturated carbocycles. The van der Waals surface area contributed by atoms with E-state index in [1.54, 1.807) is 7.11 Å². The molecular weight excluding hydrogens is 180 g/mol. The van der Waals surface area contributed by atoms with Crippen LogP contribution in [0.3, 0.4) is 0 Å². The van der Waals surface area contributed by atoms with Gasteiger partial charge in [-0.15, -0.1) is 0 Å². The molecular formula is C10H20N2O2. The molecule has 0 aromatic heterocycles. The lowest BCUT2D eigenvalue weighted by Gasteiger charge is -2.31. The van der Waals surface area contributed by atoms with E-state index in [0.29, 0.717) is 18.9 Å². The van der Waals surface area contributed by atoms with E-state index in [1.807, 2.05) is 4.90 Å².